The van der Waals surface area contributed by atoms with Gasteiger partial charge in [-0.25, -0.2) is 0 Å². The summed E-state index contributed by atoms with van der Waals surface area (Å²) < 4.78 is 5.41. The third-order valence-corrected chi connectivity index (χ3v) is 3.30. The van der Waals surface area contributed by atoms with Gasteiger partial charge in [-0.2, -0.15) is 0 Å². The van der Waals surface area contributed by atoms with E-state index in [1.165, 1.54) is 16.8 Å². The Labute approximate surface area is 108 Å². The third-order valence-electron chi connectivity index (χ3n) is 3.30. The van der Waals surface area contributed by atoms with Crippen molar-refractivity contribution in [3.8, 4) is 11.1 Å². The van der Waals surface area contributed by atoms with E-state index in [2.05, 4.69) is 53.8 Å². The molecule has 1 unspecified atom stereocenters. The number of hydrogen-bond donors (Lipinski definition) is 1. The first-order valence-electron chi connectivity index (χ1n) is 6.42. The molecule has 0 bridgehead atoms. The van der Waals surface area contributed by atoms with Gasteiger partial charge in [-0.3, -0.25) is 0 Å². The highest BCUT2D eigenvalue weighted by Gasteiger charge is 2.16. The molecule has 2 aromatic carbocycles. The van der Waals surface area contributed by atoms with Crippen molar-refractivity contribution in [2.24, 2.45) is 0 Å². The standard InChI is InChI=1S/C16H17NO/c1-2-6-13(7-3-1)15-8-4-5-9-16(15)17-14-10-11-18-12-14/h1-9,14,17H,10-12H2. The summed E-state index contributed by atoms with van der Waals surface area (Å²) in [7, 11) is 0. The minimum Gasteiger partial charge on any atom is -0.379 e. The average Bonchev–Trinajstić information content (AvgIpc) is 2.93. The van der Waals surface area contributed by atoms with E-state index in [0.717, 1.165) is 19.6 Å². The van der Waals surface area contributed by atoms with Crippen LogP contribution < -0.4 is 5.32 Å². The highest BCUT2D eigenvalue weighted by Crippen LogP contribution is 2.28. The molecular weight excluding hydrogens is 222 g/mol. The Balaban J connectivity index is 1.90. The molecule has 2 nitrogen and oxygen atoms in total. The van der Waals surface area contributed by atoms with Gasteiger partial charge in [0.25, 0.3) is 0 Å². The minimum atomic E-state index is 0.440. The molecule has 0 radical (unpaired) electrons. The second-order valence-electron chi connectivity index (χ2n) is 4.62. The van der Waals surface area contributed by atoms with Crippen LogP contribution >= 0.6 is 0 Å². The normalized spacial score (nSPS) is 18.8. The van der Waals surface area contributed by atoms with Crippen LogP contribution in [0.1, 0.15) is 6.42 Å². The molecule has 0 amide bonds. The Hall–Kier alpha value is -1.80. The zero-order valence-corrected chi connectivity index (χ0v) is 10.3. The monoisotopic (exact) mass is 239 g/mol. The zero-order chi connectivity index (χ0) is 12.2. The molecule has 0 aromatic heterocycles. The first-order valence-corrected chi connectivity index (χ1v) is 6.42. The SMILES string of the molecule is c1ccc(-c2ccccc2NC2CCOC2)cc1. The first kappa shape index (κ1) is 11.3. The van der Waals surface area contributed by atoms with Gasteiger partial charge >= 0.3 is 0 Å². The summed E-state index contributed by atoms with van der Waals surface area (Å²) in [4.78, 5) is 0. The van der Waals surface area contributed by atoms with E-state index in [-0.39, 0.29) is 0 Å². The lowest BCUT2D eigenvalue weighted by Gasteiger charge is -2.16. The summed E-state index contributed by atoms with van der Waals surface area (Å²) in [5.41, 5.74) is 3.70. The molecule has 1 N–H and O–H groups in total. The van der Waals surface area contributed by atoms with E-state index < -0.39 is 0 Å². The van der Waals surface area contributed by atoms with E-state index in [9.17, 15) is 0 Å². The second-order valence-corrected chi connectivity index (χ2v) is 4.62. The fraction of sp³-hybridized carbons (Fsp3) is 0.250. The predicted octanol–water partition coefficient (Wildman–Crippen LogP) is 3.55. The number of benzene rings is 2. The Kier molecular flexibility index (Phi) is 3.29. The molecule has 0 aliphatic carbocycles. The lowest BCUT2D eigenvalue weighted by Crippen LogP contribution is -2.19. The number of anilines is 1. The van der Waals surface area contributed by atoms with Gasteiger partial charge in [0.05, 0.1) is 12.6 Å². The Morgan fingerprint density at radius 1 is 0.944 bits per heavy atom. The van der Waals surface area contributed by atoms with Gasteiger partial charge in [-0.05, 0) is 18.1 Å². The van der Waals surface area contributed by atoms with Crippen LogP contribution in [0.3, 0.4) is 0 Å². The van der Waals surface area contributed by atoms with E-state index in [4.69, 9.17) is 4.74 Å². The Morgan fingerprint density at radius 2 is 1.72 bits per heavy atom. The van der Waals surface area contributed by atoms with E-state index in [0.29, 0.717) is 6.04 Å². The average molecular weight is 239 g/mol. The number of ether oxygens (including phenoxy) is 1. The fourth-order valence-corrected chi connectivity index (χ4v) is 2.35. The number of hydrogen-bond acceptors (Lipinski definition) is 2. The van der Waals surface area contributed by atoms with Crippen LogP contribution in [0.15, 0.2) is 54.6 Å². The third kappa shape index (κ3) is 2.39. The van der Waals surface area contributed by atoms with Gasteiger partial charge in [-0.15, -0.1) is 0 Å². The molecular formula is C16H17NO. The summed E-state index contributed by atoms with van der Waals surface area (Å²) in [6.45, 7) is 1.67. The van der Waals surface area contributed by atoms with Crippen LogP contribution in [-0.2, 0) is 4.74 Å². The van der Waals surface area contributed by atoms with Crippen molar-refractivity contribution in [1.82, 2.24) is 0 Å². The van der Waals surface area contributed by atoms with Crippen molar-refractivity contribution in [3.05, 3.63) is 54.6 Å². The maximum Gasteiger partial charge on any atom is 0.0668 e. The van der Waals surface area contributed by atoms with Crippen molar-refractivity contribution in [3.63, 3.8) is 0 Å². The van der Waals surface area contributed by atoms with Gasteiger partial charge < -0.3 is 10.1 Å². The molecule has 3 rings (SSSR count). The molecule has 2 aromatic rings. The molecule has 1 atom stereocenters. The van der Waals surface area contributed by atoms with Gasteiger partial charge in [0.1, 0.15) is 0 Å². The largest absolute Gasteiger partial charge is 0.379 e. The second kappa shape index (κ2) is 5.23. The van der Waals surface area contributed by atoms with Crippen molar-refractivity contribution in [2.75, 3.05) is 18.5 Å². The Morgan fingerprint density at radius 3 is 2.50 bits per heavy atom. The van der Waals surface area contributed by atoms with Crippen LogP contribution in [0.2, 0.25) is 0 Å². The quantitative estimate of drug-likeness (QED) is 0.884. The predicted molar refractivity (Wildman–Crippen MR) is 74.7 cm³/mol. The molecule has 1 aliphatic heterocycles. The summed E-state index contributed by atoms with van der Waals surface area (Å²) in [6, 6.07) is 19.4. The minimum absolute atomic E-state index is 0.440. The molecule has 1 saturated heterocycles. The maximum absolute atomic E-state index is 5.41. The van der Waals surface area contributed by atoms with Gasteiger partial charge in [-0.1, -0.05) is 48.5 Å². The summed E-state index contributed by atoms with van der Waals surface area (Å²) >= 11 is 0. The number of rotatable bonds is 3. The maximum atomic E-state index is 5.41. The van der Waals surface area contributed by atoms with E-state index in [1.54, 1.807) is 0 Å². The fourth-order valence-electron chi connectivity index (χ4n) is 2.35. The van der Waals surface area contributed by atoms with Gasteiger partial charge in [0.2, 0.25) is 0 Å². The molecule has 1 heterocycles. The smallest absolute Gasteiger partial charge is 0.0668 e. The van der Waals surface area contributed by atoms with Crippen LogP contribution in [0.4, 0.5) is 5.69 Å². The van der Waals surface area contributed by atoms with Gasteiger partial charge in [0.15, 0.2) is 0 Å². The number of para-hydroxylation sites is 1. The molecule has 1 fully saturated rings. The first-order chi connectivity index (χ1) is 8.93. The lowest BCUT2D eigenvalue weighted by atomic mass is 10.0. The van der Waals surface area contributed by atoms with Crippen LogP contribution in [-0.4, -0.2) is 19.3 Å². The highest BCUT2D eigenvalue weighted by atomic mass is 16.5. The summed E-state index contributed by atoms with van der Waals surface area (Å²) in [5, 5.41) is 3.58. The lowest BCUT2D eigenvalue weighted by molar-refractivity contribution is 0.195. The van der Waals surface area contributed by atoms with Crippen molar-refractivity contribution < 1.29 is 4.74 Å². The molecule has 0 saturated carbocycles. The van der Waals surface area contributed by atoms with Crippen LogP contribution in [0.5, 0.6) is 0 Å². The van der Waals surface area contributed by atoms with Crippen molar-refractivity contribution in [1.29, 1.82) is 0 Å². The molecule has 2 heteroatoms. The summed E-state index contributed by atoms with van der Waals surface area (Å²) in [5.74, 6) is 0. The number of nitrogens with one attached hydrogen (secondary N) is 1. The van der Waals surface area contributed by atoms with Crippen molar-refractivity contribution >= 4 is 5.69 Å². The van der Waals surface area contributed by atoms with Crippen molar-refractivity contribution in [2.45, 2.75) is 12.5 Å². The highest BCUT2D eigenvalue weighted by molar-refractivity contribution is 5.77. The molecule has 1 aliphatic rings. The van der Waals surface area contributed by atoms with E-state index >= 15 is 0 Å². The Bertz CT molecular complexity index is 504. The molecule has 0 spiro atoms. The van der Waals surface area contributed by atoms with Crippen LogP contribution in [0, 0.1) is 0 Å². The molecule has 92 valence electrons. The topological polar surface area (TPSA) is 21.3 Å². The zero-order valence-electron chi connectivity index (χ0n) is 10.3. The van der Waals surface area contributed by atoms with E-state index in [1.807, 2.05) is 6.07 Å². The van der Waals surface area contributed by atoms with Crippen LogP contribution in [0.25, 0.3) is 11.1 Å². The molecule has 18 heavy (non-hydrogen) atoms. The van der Waals surface area contributed by atoms with Gasteiger partial charge in [0, 0.05) is 17.9 Å². The summed E-state index contributed by atoms with van der Waals surface area (Å²) in [6.07, 6.45) is 1.09.